The van der Waals surface area contributed by atoms with Gasteiger partial charge in [0.15, 0.2) is 0 Å². The average Bonchev–Trinajstić information content (AvgIpc) is 2.61. The maximum atomic E-state index is 11.6. The van der Waals surface area contributed by atoms with Crippen LogP contribution in [0.25, 0.3) is 0 Å². The van der Waals surface area contributed by atoms with Gasteiger partial charge in [0.1, 0.15) is 5.60 Å². The first kappa shape index (κ1) is 15.6. The third kappa shape index (κ3) is 2.19. The van der Waals surface area contributed by atoms with Crippen molar-refractivity contribution in [2.45, 2.75) is 69.2 Å². The Labute approximate surface area is 142 Å². The van der Waals surface area contributed by atoms with E-state index in [2.05, 4.69) is 0 Å². The van der Waals surface area contributed by atoms with Gasteiger partial charge in [-0.2, -0.15) is 0 Å². The van der Waals surface area contributed by atoms with E-state index in [1.165, 1.54) is 32.1 Å². The van der Waals surface area contributed by atoms with Crippen LogP contribution in [0.1, 0.15) is 57.8 Å². The first-order valence-electron chi connectivity index (χ1n) is 9.57. The first-order valence-corrected chi connectivity index (χ1v) is 9.57. The monoisotopic (exact) mass is 337 g/mol. The summed E-state index contributed by atoms with van der Waals surface area (Å²) in [5.41, 5.74) is 1.53. The topological polar surface area (TPSA) is 77.0 Å². The molecule has 1 saturated heterocycles. The fourth-order valence-corrected chi connectivity index (χ4v) is 6.44. The summed E-state index contributed by atoms with van der Waals surface area (Å²) in [7, 11) is 0. The second-order valence-electron chi connectivity index (χ2n) is 8.88. The van der Waals surface area contributed by atoms with Crippen LogP contribution in [0.15, 0.2) is 0 Å². The Morgan fingerprint density at radius 2 is 1.58 bits per heavy atom. The van der Waals surface area contributed by atoms with Crippen molar-refractivity contribution < 1.29 is 24.5 Å². The number of hydroxylamine groups is 1. The zero-order valence-electron chi connectivity index (χ0n) is 14.0. The minimum Gasteiger partial charge on any atom is -0.344 e. The first-order chi connectivity index (χ1) is 11.6. The summed E-state index contributed by atoms with van der Waals surface area (Å²) in [6.07, 6.45) is 9.08. The van der Waals surface area contributed by atoms with Gasteiger partial charge in [0.2, 0.25) is 11.7 Å². The smallest absolute Gasteiger partial charge is 0.246 e. The van der Waals surface area contributed by atoms with E-state index in [-0.39, 0.29) is 17.4 Å². The minimum absolute atomic E-state index is 0.162. The van der Waals surface area contributed by atoms with Gasteiger partial charge >= 0.3 is 0 Å². The molecular weight excluding hydrogens is 310 g/mol. The van der Waals surface area contributed by atoms with Gasteiger partial charge in [0.05, 0.1) is 6.61 Å². The van der Waals surface area contributed by atoms with Crippen molar-refractivity contribution in [3.05, 3.63) is 0 Å². The van der Waals surface area contributed by atoms with E-state index in [0.29, 0.717) is 44.1 Å². The van der Waals surface area contributed by atoms with Gasteiger partial charge in [0.25, 0.3) is 0 Å². The maximum Gasteiger partial charge on any atom is 0.246 e. The van der Waals surface area contributed by atoms with Crippen LogP contribution in [0.3, 0.4) is 0 Å². The number of ether oxygens (including phenoxy) is 1. The highest BCUT2D eigenvalue weighted by Crippen LogP contribution is 2.61. The van der Waals surface area contributed by atoms with E-state index < -0.39 is 5.79 Å². The molecule has 6 rings (SSSR count). The van der Waals surface area contributed by atoms with Crippen LogP contribution >= 0.6 is 0 Å². The van der Waals surface area contributed by atoms with E-state index in [1.807, 2.05) is 0 Å². The Morgan fingerprint density at radius 1 is 0.958 bits per heavy atom. The Kier molecular flexibility index (Phi) is 3.50. The molecule has 5 saturated carbocycles. The van der Waals surface area contributed by atoms with Crippen LogP contribution in [0.5, 0.6) is 0 Å². The summed E-state index contributed by atoms with van der Waals surface area (Å²) in [5, 5.41) is 8.78. The van der Waals surface area contributed by atoms with Crippen LogP contribution < -0.4 is 5.48 Å². The third-order valence-electron chi connectivity index (χ3n) is 7.66. The molecule has 0 aromatic heterocycles. The molecule has 4 bridgehead atoms. The number of hydrogen-bond donors (Lipinski definition) is 2. The molecule has 0 aromatic rings. The van der Waals surface area contributed by atoms with Crippen LogP contribution in [0.2, 0.25) is 0 Å². The zero-order valence-corrected chi connectivity index (χ0v) is 14.0. The molecule has 6 heteroatoms. The molecule has 2 N–H and O–H groups in total. The number of rotatable bonds is 1. The fourth-order valence-electron chi connectivity index (χ4n) is 6.44. The largest absolute Gasteiger partial charge is 0.344 e. The van der Waals surface area contributed by atoms with Gasteiger partial charge in [-0.15, -0.1) is 0 Å². The van der Waals surface area contributed by atoms with Gasteiger partial charge in [0, 0.05) is 18.8 Å². The van der Waals surface area contributed by atoms with Crippen LogP contribution in [-0.2, 0) is 19.3 Å². The Bertz CT molecular complexity index is 488. The van der Waals surface area contributed by atoms with Crippen molar-refractivity contribution in [3.63, 3.8) is 0 Å². The van der Waals surface area contributed by atoms with Crippen molar-refractivity contribution in [1.82, 2.24) is 5.48 Å². The molecule has 6 fully saturated rings. The Hall–Kier alpha value is -0.690. The number of carbonyl (C=O) groups is 1. The predicted octanol–water partition coefficient (Wildman–Crippen LogP) is 2.55. The maximum absolute atomic E-state index is 11.6. The highest BCUT2D eigenvalue weighted by molar-refractivity contribution is 5.77. The minimum atomic E-state index is -0.688. The number of carbonyl (C=O) groups excluding carboxylic acids is 1. The van der Waals surface area contributed by atoms with Gasteiger partial charge in [-0.25, -0.2) is 15.3 Å². The molecule has 0 aromatic carbocycles. The van der Waals surface area contributed by atoms with Crippen molar-refractivity contribution in [2.75, 3.05) is 6.61 Å². The number of amides is 1. The highest BCUT2D eigenvalue weighted by Gasteiger charge is 2.62. The molecule has 24 heavy (non-hydrogen) atoms. The van der Waals surface area contributed by atoms with E-state index in [0.717, 1.165) is 11.8 Å². The predicted molar refractivity (Wildman–Crippen MR) is 82.5 cm³/mol. The lowest BCUT2D eigenvalue weighted by atomic mass is 9.50. The van der Waals surface area contributed by atoms with Gasteiger partial charge < -0.3 is 4.74 Å². The third-order valence-corrected chi connectivity index (χ3v) is 7.66. The Balaban J connectivity index is 1.26. The second-order valence-corrected chi connectivity index (χ2v) is 8.88. The molecule has 2 spiro atoms. The summed E-state index contributed by atoms with van der Waals surface area (Å²) >= 11 is 0. The van der Waals surface area contributed by atoms with Crippen molar-refractivity contribution in [2.24, 2.45) is 29.6 Å². The van der Waals surface area contributed by atoms with Crippen molar-refractivity contribution in [3.8, 4) is 0 Å². The zero-order chi connectivity index (χ0) is 16.4. The van der Waals surface area contributed by atoms with Crippen LogP contribution in [-0.4, -0.2) is 29.1 Å². The lowest BCUT2D eigenvalue weighted by molar-refractivity contribution is -0.538. The highest BCUT2D eigenvalue weighted by atomic mass is 17.2. The van der Waals surface area contributed by atoms with Crippen LogP contribution in [0, 0.1) is 29.6 Å². The number of hydrogen-bond acceptors (Lipinski definition) is 5. The van der Waals surface area contributed by atoms with E-state index in [4.69, 9.17) is 19.7 Å². The van der Waals surface area contributed by atoms with Crippen LogP contribution in [0.4, 0.5) is 0 Å². The molecule has 1 amide bonds. The van der Waals surface area contributed by atoms with Gasteiger partial charge in [-0.05, 0) is 68.6 Å². The average molecular weight is 337 g/mol. The Morgan fingerprint density at radius 3 is 2.08 bits per heavy atom. The molecule has 5 aliphatic carbocycles. The molecule has 134 valence electrons. The summed E-state index contributed by atoms with van der Waals surface area (Å²) in [6.45, 7) is 0.638. The summed E-state index contributed by atoms with van der Waals surface area (Å²) in [6, 6.07) is 0. The van der Waals surface area contributed by atoms with Gasteiger partial charge in [-0.3, -0.25) is 10.0 Å². The molecule has 0 radical (unpaired) electrons. The number of nitrogens with one attached hydrogen (secondary N) is 1. The lowest BCUT2D eigenvalue weighted by Gasteiger charge is -2.62. The van der Waals surface area contributed by atoms with E-state index in [1.54, 1.807) is 5.48 Å². The van der Waals surface area contributed by atoms with E-state index in [9.17, 15) is 4.79 Å². The lowest BCUT2D eigenvalue weighted by Crippen LogP contribution is -2.65. The molecule has 6 nitrogen and oxygen atoms in total. The normalized spacial score (nSPS) is 52.8. The standard InChI is InChI=1S/C18H27NO5/c20-16(19-21)13-1-3-17(4-2-13)22-10-18(24-23-17)14-6-11-5-12(8-14)9-15(18)7-11/h11-15,21H,1-10H2,(H,19,20). The molecule has 0 atom stereocenters. The van der Waals surface area contributed by atoms with Crippen molar-refractivity contribution in [1.29, 1.82) is 0 Å². The quantitative estimate of drug-likeness (QED) is 0.437. The van der Waals surface area contributed by atoms with Crippen molar-refractivity contribution >= 4 is 5.91 Å². The summed E-state index contributed by atoms with van der Waals surface area (Å²) < 4.78 is 6.31. The molecule has 1 heterocycles. The molecule has 1 aliphatic heterocycles. The SMILES string of the molecule is O=C(NO)C1CCC2(CC1)OCC1(OO2)C2CC3CC(C2)CC1C3. The molecule has 0 unspecified atom stereocenters. The molecular formula is C18H27NO5. The van der Waals surface area contributed by atoms with E-state index >= 15 is 0 Å². The molecule has 6 aliphatic rings. The summed E-state index contributed by atoms with van der Waals surface area (Å²) in [5.74, 6) is 1.80. The second kappa shape index (κ2) is 5.40. The van der Waals surface area contributed by atoms with Gasteiger partial charge in [-0.1, -0.05) is 0 Å². The summed E-state index contributed by atoms with van der Waals surface area (Å²) in [4.78, 5) is 23.7. The fraction of sp³-hybridized carbons (Fsp3) is 0.944.